The van der Waals surface area contributed by atoms with Crippen molar-refractivity contribution >= 4 is 67.0 Å². The van der Waals surface area contributed by atoms with Crippen molar-refractivity contribution in [2.24, 2.45) is 0 Å². The van der Waals surface area contributed by atoms with Crippen molar-refractivity contribution in [1.82, 2.24) is 39.3 Å². The second-order valence-electron chi connectivity index (χ2n) is 27.2. The van der Waals surface area contributed by atoms with Crippen LogP contribution in [0.2, 0.25) is 0 Å². The number of ether oxygens (including phenoxy) is 7. The van der Waals surface area contributed by atoms with Gasteiger partial charge in [0.05, 0.1) is 71.8 Å². The molecule has 0 saturated carbocycles. The first-order valence-electron chi connectivity index (χ1n) is 37.0. The summed E-state index contributed by atoms with van der Waals surface area (Å²) < 4.78 is 66.7. The van der Waals surface area contributed by atoms with E-state index in [0.29, 0.717) is 17.1 Å². The Kier molecular flexibility index (Phi) is 26.2. The highest BCUT2D eigenvalue weighted by molar-refractivity contribution is 7.41. The van der Waals surface area contributed by atoms with E-state index in [1.807, 2.05) is 146 Å². The molecule has 2 saturated heterocycles. The Hall–Kier alpha value is -11.9. The van der Waals surface area contributed by atoms with Crippen molar-refractivity contribution in [2.75, 3.05) is 64.9 Å². The van der Waals surface area contributed by atoms with Gasteiger partial charge in [0.1, 0.15) is 72.4 Å². The van der Waals surface area contributed by atoms with Crippen LogP contribution in [0.25, 0.3) is 22.3 Å². The van der Waals surface area contributed by atoms with Crippen LogP contribution in [-0.4, -0.2) is 148 Å². The Bertz CT molecular complexity index is 5000. The average molecular weight is 1550 g/mol. The van der Waals surface area contributed by atoms with Crippen molar-refractivity contribution in [1.29, 1.82) is 5.26 Å². The summed E-state index contributed by atoms with van der Waals surface area (Å²) in [5.41, 5.74) is 6.97. The minimum Gasteiger partial charge on any atom is -0.497 e. The van der Waals surface area contributed by atoms with Gasteiger partial charge in [-0.15, -0.1) is 0 Å². The second kappa shape index (κ2) is 37.4. The summed E-state index contributed by atoms with van der Waals surface area (Å²) in [6, 6.07) is 60.6. The Morgan fingerprint density at radius 3 is 1.94 bits per heavy atom. The highest BCUT2D eigenvalue weighted by Crippen LogP contribution is 2.50. The lowest BCUT2D eigenvalue weighted by Crippen LogP contribution is -2.38. The fourth-order valence-corrected chi connectivity index (χ4v) is 15.1. The normalized spacial score (nSPS) is 17.3. The molecule has 0 radical (unpaired) electrons. The number of anilines is 2. The van der Waals surface area contributed by atoms with Crippen molar-refractivity contribution < 1.29 is 75.5 Å². The smallest absolute Gasteiger partial charge is 0.409 e. The van der Waals surface area contributed by atoms with E-state index in [9.17, 15) is 38.8 Å². The minimum atomic E-state index is -2.49. The number of fused-ring (bicyclic) bond motifs is 4. The van der Waals surface area contributed by atoms with Gasteiger partial charge in [0.2, 0.25) is 11.8 Å². The van der Waals surface area contributed by atoms with Crippen LogP contribution in [0.3, 0.4) is 0 Å². The quantitative estimate of drug-likeness (QED) is 0.0144. The number of carbonyl (C=O) groups is 6. The van der Waals surface area contributed by atoms with E-state index in [0.717, 1.165) is 50.1 Å². The second-order valence-corrected chi connectivity index (χ2v) is 28.4. The number of nitrogens with zero attached hydrogens (tertiary/aromatic N) is 8. The lowest BCUT2D eigenvalue weighted by atomic mass is 9.80. The summed E-state index contributed by atoms with van der Waals surface area (Å²) in [7, 11) is 2.28. The van der Waals surface area contributed by atoms with Crippen molar-refractivity contribution in [3.05, 3.63) is 262 Å². The van der Waals surface area contributed by atoms with Gasteiger partial charge in [0.15, 0.2) is 17.0 Å². The number of Topliss-reactive ketones (excluding diaryl/α,β-unsaturated/α-hetero) is 1. The molecule has 13 rings (SSSR count). The Morgan fingerprint density at radius 1 is 0.655 bits per heavy atom. The number of nitrogens with one attached hydrogen (secondary N) is 3. The number of imidazole rings is 1. The van der Waals surface area contributed by atoms with Gasteiger partial charge in [-0.1, -0.05) is 146 Å². The van der Waals surface area contributed by atoms with Crippen LogP contribution in [0.15, 0.2) is 212 Å². The maximum Gasteiger partial charge on any atom is 0.409 e. The van der Waals surface area contributed by atoms with Crippen LogP contribution in [0.1, 0.15) is 120 Å². The van der Waals surface area contributed by atoms with Crippen molar-refractivity contribution in [2.45, 2.75) is 113 Å². The fraction of sp³-hybridized carbons (Fsp3) is 0.310. The molecule has 10 aromatic rings. The SMILES string of the molecule is COc1ccc(C(OC[C@H]2O[C@@H](n3cnc4c(NC(=O)c5ccc(CNC(=O)Cc6ccccc6)cc5)ncnc43)CC2OP(OCCC#N)OC[C@H]2O[C@@H](n3ccc(NC(=O)CCCN(C)C(=O)OCC4c5ccccc5-c5ccccc54)nc3=O)CC2OC(=O)CCC(C)=O)(c2ccccc2)c2ccc(OC)cc2)cc1. The monoisotopic (exact) mass is 1550 g/mol. The molecule has 5 heterocycles. The van der Waals surface area contributed by atoms with Gasteiger partial charge in [0, 0.05) is 63.5 Å². The molecule has 7 atom stereocenters. The van der Waals surface area contributed by atoms with E-state index < -0.39 is 80.6 Å². The zero-order valence-electron chi connectivity index (χ0n) is 62.5. The van der Waals surface area contributed by atoms with E-state index in [2.05, 4.69) is 49.1 Å². The molecule has 2 fully saturated rings. The van der Waals surface area contributed by atoms with Crippen LogP contribution >= 0.6 is 8.60 Å². The third kappa shape index (κ3) is 19.3. The molecule has 7 aromatic carbocycles. The lowest BCUT2D eigenvalue weighted by molar-refractivity contribution is -0.153. The summed E-state index contributed by atoms with van der Waals surface area (Å²) in [5.74, 6) is -0.847. The Labute approximate surface area is 652 Å². The molecule has 113 heavy (non-hydrogen) atoms. The molecule has 0 bridgehead atoms. The standard InChI is InChI=1S/C84H84N11O17P/c1-54(96)26-39-77(99)111-68-46-75(94-43-40-72(91-82(94)101)90-73(97)25-15-42-93(2)83(102)105-49-67-65-23-13-11-21-63(65)64-22-12-14-24-66(64)67)110-71(68)51-108-113(107-44-16-41-85)112-69-47-76(109-70(69)50-106-84(58-19-9-6-10-20-58,59-31-35-61(103-3)36-32-59)60-33-37-62(104-4)38-34-60)95-53-89-78-79(87-52-88-80(78)95)92-81(100)57-29-27-56(28-30-57)48-86-74(98)45-55-17-7-5-8-18-55/h5-14,17-24,27-38,40,43,52-53,67-71,75-76H,15-16,25-26,39,42,44-51H2,1-4H3,(H,86,98)(H,87,88,92,100)(H,90,91,97,101)/t68?,69?,70-,71-,75-,76-,113?/m1/s1. The predicted molar refractivity (Wildman–Crippen MR) is 415 cm³/mol. The largest absolute Gasteiger partial charge is 0.497 e. The van der Waals surface area contributed by atoms with E-state index in [1.165, 1.54) is 41.3 Å². The van der Waals surface area contributed by atoms with Crippen LogP contribution in [0, 0.1) is 11.3 Å². The van der Waals surface area contributed by atoms with Gasteiger partial charge in [-0.05, 0) is 106 Å². The van der Waals surface area contributed by atoms with E-state index in [1.54, 1.807) is 50.1 Å². The summed E-state index contributed by atoms with van der Waals surface area (Å²) >= 11 is 0. The number of esters is 1. The first kappa shape index (κ1) is 79.2. The van der Waals surface area contributed by atoms with Gasteiger partial charge < -0.3 is 72.4 Å². The molecule has 3 aromatic heterocycles. The van der Waals surface area contributed by atoms with Crippen molar-refractivity contribution in [3.63, 3.8) is 0 Å². The Morgan fingerprint density at radius 2 is 1.28 bits per heavy atom. The highest BCUT2D eigenvalue weighted by Gasteiger charge is 2.46. The molecule has 582 valence electrons. The van der Waals surface area contributed by atoms with Gasteiger partial charge in [-0.3, -0.25) is 28.3 Å². The number of benzene rings is 7. The number of hydrogen-bond acceptors (Lipinski definition) is 22. The van der Waals surface area contributed by atoms with Crippen LogP contribution in [-0.2, 0) is 75.0 Å². The highest BCUT2D eigenvalue weighted by atomic mass is 31.2. The van der Waals surface area contributed by atoms with E-state index in [4.69, 9.17) is 51.7 Å². The zero-order valence-corrected chi connectivity index (χ0v) is 63.4. The number of hydrogen-bond donors (Lipinski definition) is 3. The van der Waals surface area contributed by atoms with E-state index in [-0.39, 0.29) is 131 Å². The summed E-state index contributed by atoms with van der Waals surface area (Å²) in [4.78, 5) is 112. The molecule has 3 N–H and O–H groups in total. The number of methoxy groups -OCH3 is 2. The molecule has 2 aliphatic heterocycles. The topological polar surface area (TPSA) is 336 Å². The molecule has 3 aliphatic rings. The van der Waals surface area contributed by atoms with Crippen LogP contribution in [0.4, 0.5) is 16.4 Å². The summed E-state index contributed by atoms with van der Waals surface area (Å²) in [6.45, 7) is 1.27. The number of ketones is 1. The maximum atomic E-state index is 14.0. The lowest BCUT2D eigenvalue weighted by Gasteiger charge is -2.37. The average Bonchev–Trinajstić information content (AvgIpc) is 0.817. The van der Waals surface area contributed by atoms with Gasteiger partial charge in [-0.25, -0.2) is 24.5 Å². The molecular weight excluding hydrogens is 1470 g/mol. The Balaban J connectivity index is 0.718. The minimum absolute atomic E-state index is 0.0178. The number of aromatic nitrogens is 6. The fourth-order valence-electron chi connectivity index (χ4n) is 13.9. The van der Waals surface area contributed by atoms with Crippen LogP contribution in [0.5, 0.6) is 11.5 Å². The summed E-state index contributed by atoms with van der Waals surface area (Å²) in [5, 5.41) is 18.3. The van der Waals surface area contributed by atoms with Gasteiger partial charge in [0.25, 0.3) is 5.91 Å². The van der Waals surface area contributed by atoms with E-state index >= 15 is 0 Å². The molecule has 4 amide bonds. The molecule has 3 unspecified atom stereocenters. The number of amides is 4. The molecule has 29 heteroatoms. The van der Waals surface area contributed by atoms with Gasteiger partial charge in [-0.2, -0.15) is 10.2 Å². The third-order valence-corrected chi connectivity index (χ3v) is 20.9. The maximum absolute atomic E-state index is 14.0. The number of rotatable bonds is 35. The molecule has 1 aliphatic carbocycles. The van der Waals surface area contributed by atoms with Crippen LogP contribution < -0.4 is 31.1 Å². The predicted octanol–water partition coefficient (Wildman–Crippen LogP) is 12.2. The number of nitriles is 1. The van der Waals surface area contributed by atoms with Gasteiger partial charge >= 0.3 is 26.4 Å². The first-order chi connectivity index (χ1) is 55.0. The molecule has 28 nitrogen and oxygen atoms in total. The molecular formula is C84H84N11O17P. The summed E-state index contributed by atoms with van der Waals surface area (Å²) in [6.07, 6.45) is -2.36. The molecule has 0 spiro atoms. The third-order valence-electron chi connectivity index (χ3n) is 19.7. The van der Waals surface area contributed by atoms with Crippen molar-refractivity contribution in [3.8, 4) is 28.7 Å². The number of carbonyl (C=O) groups excluding carboxylic acids is 6. The zero-order chi connectivity index (χ0) is 78.8. The first-order valence-corrected chi connectivity index (χ1v) is 38.1.